The molecule has 0 radical (unpaired) electrons. The highest BCUT2D eigenvalue weighted by molar-refractivity contribution is 5.74. The summed E-state index contributed by atoms with van der Waals surface area (Å²) in [4.78, 5) is 8.76. The van der Waals surface area contributed by atoms with Gasteiger partial charge in [0.05, 0.1) is 6.04 Å². The van der Waals surface area contributed by atoms with Gasteiger partial charge in [0, 0.05) is 17.1 Å². The molecular formula is C21H32N6. The number of piperidine rings is 1. The van der Waals surface area contributed by atoms with Crippen molar-refractivity contribution in [3.8, 4) is 0 Å². The molecule has 27 heavy (non-hydrogen) atoms. The van der Waals surface area contributed by atoms with E-state index in [0.29, 0.717) is 23.4 Å². The maximum Gasteiger partial charge on any atom is 0.155 e. The average molecular weight is 369 g/mol. The van der Waals surface area contributed by atoms with Crippen LogP contribution >= 0.6 is 0 Å². The maximum atomic E-state index is 6.40. The molecule has 0 spiro atoms. The first-order chi connectivity index (χ1) is 12.7. The second-order valence-corrected chi connectivity index (χ2v) is 8.90. The number of nitrogens with one attached hydrogen (secondary N) is 3. The normalized spacial score (nSPS) is 20.0. The molecule has 2 heterocycles. The van der Waals surface area contributed by atoms with Crippen LogP contribution in [0.15, 0.2) is 36.7 Å². The van der Waals surface area contributed by atoms with Crippen LogP contribution in [0.3, 0.4) is 0 Å². The van der Waals surface area contributed by atoms with E-state index in [2.05, 4.69) is 72.7 Å². The minimum absolute atomic E-state index is 0.0596. The van der Waals surface area contributed by atoms with E-state index in [9.17, 15) is 0 Å². The minimum Gasteiger partial charge on any atom is -0.393 e. The molecule has 3 rings (SSSR count). The molecule has 0 bridgehead atoms. The van der Waals surface area contributed by atoms with Crippen molar-refractivity contribution >= 4 is 17.3 Å². The molecule has 1 aromatic heterocycles. The fraction of sp³-hybridized carbons (Fsp3) is 0.524. The Morgan fingerprint density at radius 1 is 1.04 bits per heavy atom. The third kappa shape index (κ3) is 4.89. The predicted molar refractivity (Wildman–Crippen MR) is 113 cm³/mol. The standard InChI is InChI=1S/C21H32N6/c1-14(15-9-7-6-8-10-15)25-18-17(22)19(24-13-23-18)26-16-11-20(2,3)27-21(4,5)12-16/h6-10,13-14,16,27H,11-12,22H2,1-5H3,(H2,23,24,25,26). The van der Waals surface area contributed by atoms with Crippen molar-refractivity contribution < 1.29 is 0 Å². The molecule has 1 unspecified atom stereocenters. The number of aromatic nitrogens is 2. The van der Waals surface area contributed by atoms with Crippen molar-refractivity contribution in [3.05, 3.63) is 42.2 Å². The Hall–Kier alpha value is -2.34. The van der Waals surface area contributed by atoms with E-state index < -0.39 is 0 Å². The summed E-state index contributed by atoms with van der Waals surface area (Å²) in [6, 6.07) is 10.7. The van der Waals surface area contributed by atoms with Crippen molar-refractivity contribution in [3.63, 3.8) is 0 Å². The van der Waals surface area contributed by atoms with Gasteiger partial charge in [0.2, 0.25) is 0 Å². The lowest BCUT2D eigenvalue weighted by Crippen LogP contribution is -2.60. The van der Waals surface area contributed by atoms with Crippen LogP contribution in [0.2, 0.25) is 0 Å². The van der Waals surface area contributed by atoms with E-state index in [1.807, 2.05) is 18.2 Å². The number of nitrogens with two attached hydrogens (primary N) is 1. The molecule has 1 atom stereocenters. The number of rotatable bonds is 5. The summed E-state index contributed by atoms with van der Waals surface area (Å²) < 4.78 is 0. The van der Waals surface area contributed by atoms with Crippen molar-refractivity contribution in [2.75, 3.05) is 16.4 Å². The van der Waals surface area contributed by atoms with Gasteiger partial charge in [-0.2, -0.15) is 0 Å². The molecule has 2 aromatic rings. The Balaban J connectivity index is 1.75. The van der Waals surface area contributed by atoms with Crippen LogP contribution in [0.1, 0.15) is 59.1 Å². The molecule has 1 fully saturated rings. The summed E-state index contributed by atoms with van der Waals surface area (Å²) in [5, 5.41) is 10.7. The Kier molecular flexibility index (Phi) is 5.29. The minimum atomic E-state index is 0.0596. The van der Waals surface area contributed by atoms with Crippen molar-refractivity contribution in [1.82, 2.24) is 15.3 Å². The van der Waals surface area contributed by atoms with Crippen LogP contribution < -0.4 is 21.7 Å². The van der Waals surface area contributed by atoms with Gasteiger partial charge in [-0.15, -0.1) is 0 Å². The van der Waals surface area contributed by atoms with Gasteiger partial charge in [-0.25, -0.2) is 9.97 Å². The molecule has 1 aliphatic heterocycles. The van der Waals surface area contributed by atoms with Gasteiger partial charge in [-0.3, -0.25) is 0 Å². The average Bonchev–Trinajstić information content (AvgIpc) is 2.56. The molecule has 6 nitrogen and oxygen atoms in total. The number of benzene rings is 1. The zero-order chi connectivity index (χ0) is 19.7. The van der Waals surface area contributed by atoms with Crippen LogP contribution in [-0.2, 0) is 0 Å². The molecule has 5 N–H and O–H groups in total. The van der Waals surface area contributed by atoms with Gasteiger partial charge in [0.1, 0.15) is 12.0 Å². The van der Waals surface area contributed by atoms with Crippen LogP contribution in [0.4, 0.5) is 17.3 Å². The Labute approximate surface area is 162 Å². The fourth-order valence-electron chi connectivity index (χ4n) is 4.27. The largest absolute Gasteiger partial charge is 0.393 e. The van der Waals surface area contributed by atoms with E-state index >= 15 is 0 Å². The van der Waals surface area contributed by atoms with Crippen LogP contribution in [0, 0.1) is 0 Å². The summed E-state index contributed by atoms with van der Waals surface area (Å²) in [5.41, 5.74) is 8.27. The second kappa shape index (κ2) is 7.35. The summed E-state index contributed by atoms with van der Waals surface area (Å²) >= 11 is 0. The van der Waals surface area contributed by atoms with Crippen LogP contribution in [-0.4, -0.2) is 27.1 Å². The van der Waals surface area contributed by atoms with E-state index in [0.717, 1.165) is 12.8 Å². The first kappa shape index (κ1) is 19.4. The summed E-state index contributed by atoms with van der Waals surface area (Å²) in [7, 11) is 0. The third-order valence-electron chi connectivity index (χ3n) is 5.07. The lowest BCUT2D eigenvalue weighted by atomic mass is 9.79. The molecule has 0 saturated carbocycles. The summed E-state index contributed by atoms with van der Waals surface area (Å²) in [5.74, 6) is 1.36. The fourth-order valence-corrected chi connectivity index (χ4v) is 4.27. The maximum absolute atomic E-state index is 6.40. The van der Waals surface area contributed by atoms with Gasteiger partial charge in [-0.05, 0) is 53.0 Å². The van der Waals surface area contributed by atoms with Crippen molar-refractivity contribution in [1.29, 1.82) is 0 Å². The first-order valence-corrected chi connectivity index (χ1v) is 9.63. The van der Waals surface area contributed by atoms with Crippen molar-refractivity contribution in [2.24, 2.45) is 0 Å². The monoisotopic (exact) mass is 368 g/mol. The second-order valence-electron chi connectivity index (χ2n) is 8.90. The van der Waals surface area contributed by atoms with Gasteiger partial charge < -0.3 is 21.7 Å². The van der Waals surface area contributed by atoms with Crippen LogP contribution in [0.5, 0.6) is 0 Å². The number of hydrogen-bond acceptors (Lipinski definition) is 6. The Bertz CT molecular complexity index is 755. The molecule has 1 saturated heterocycles. The quantitative estimate of drug-likeness (QED) is 0.639. The Morgan fingerprint density at radius 2 is 1.63 bits per heavy atom. The molecule has 1 aliphatic rings. The number of anilines is 3. The molecule has 1 aromatic carbocycles. The summed E-state index contributed by atoms with van der Waals surface area (Å²) in [6.45, 7) is 11.0. The summed E-state index contributed by atoms with van der Waals surface area (Å²) in [6.07, 6.45) is 3.57. The van der Waals surface area contributed by atoms with Crippen molar-refractivity contribution in [2.45, 2.75) is 70.6 Å². The van der Waals surface area contributed by atoms with E-state index in [-0.39, 0.29) is 17.1 Å². The smallest absolute Gasteiger partial charge is 0.155 e. The Morgan fingerprint density at radius 3 is 2.26 bits per heavy atom. The van der Waals surface area contributed by atoms with Gasteiger partial charge in [0.15, 0.2) is 11.6 Å². The highest BCUT2D eigenvalue weighted by atomic mass is 15.1. The highest BCUT2D eigenvalue weighted by Crippen LogP contribution is 2.33. The number of hydrogen-bond donors (Lipinski definition) is 4. The SMILES string of the molecule is CC(Nc1ncnc(NC2CC(C)(C)NC(C)(C)C2)c1N)c1ccccc1. The van der Waals surface area contributed by atoms with E-state index in [4.69, 9.17) is 5.73 Å². The third-order valence-corrected chi connectivity index (χ3v) is 5.07. The zero-order valence-electron chi connectivity index (χ0n) is 17.0. The molecule has 6 heteroatoms. The number of nitrogen functional groups attached to an aromatic ring is 1. The van der Waals surface area contributed by atoms with Gasteiger partial charge in [0.25, 0.3) is 0 Å². The lowest BCUT2D eigenvalue weighted by molar-refractivity contribution is 0.170. The number of nitrogens with zero attached hydrogens (tertiary/aromatic N) is 2. The lowest BCUT2D eigenvalue weighted by Gasteiger charge is -2.46. The zero-order valence-corrected chi connectivity index (χ0v) is 17.0. The molecule has 146 valence electrons. The topological polar surface area (TPSA) is 87.9 Å². The first-order valence-electron chi connectivity index (χ1n) is 9.63. The molecular weight excluding hydrogens is 336 g/mol. The highest BCUT2D eigenvalue weighted by Gasteiger charge is 2.37. The van der Waals surface area contributed by atoms with E-state index in [1.54, 1.807) is 6.33 Å². The van der Waals surface area contributed by atoms with Gasteiger partial charge in [-0.1, -0.05) is 30.3 Å². The van der Waals surface area contributed by atoms with Crippen LogP contribution in [0.25, 0.3) is 0 Å². The molecule has 0 aliphatic carbocycles. The molecule has 0 amide bonds. The van der Waals surface area contributed by atoms with Gasteiger partial charge >= 0.3 is 0 Å². The van der Waals surface area contributed by atoms with E-state index in [1.165, 1.54) is 5.56 Å². The predicted octanol–water partition coefficient (Wildman–Crippen LogP) is 3.95.